The van der Waals surface area contributed by atoms with Gasteiger partial charge in [-0.1, -0.05) is 78.1 Å². The fourth-order valence-corrected chi connectivity index (χ4v) is 3.39. The zero-order chi connectivity index (χ0) is 22.5. The van der Waals surface area contributed by atoms with E-state index in [-0.39, 0.29) is 63.2 Å². The molecule has 0 aliphatic carbocycles. The molecule has 0 radical (unpaired) electrons. The monoisotopic (exact) mass is 464 g/mol. The summed E-state index contributed by atoms with van der Waals surface area (Å²) in [5, 5.41) is 23.7. The van der Waals surface area contributed by atoms with Crippen molar-refractivity contribution < 1.29 is 71.2 Å². The van der Waals surface area contributed by atoms with E-state index in [0.717, 1.165) is 32.1 Å². The van der Waals surface area contributed by atoms with Gasteiger partial charge in [-0.15, -0.1) is 0 Å². The molecule has 0 aromatic heterocycles. The van der Waals surface area contributed by atoms with Crippen LogP contribution in [0.5, 0.6) is 0 Å². The van der Waals surface area contributed by atoms with Crippen LogP contribution in [-0.2, 0) is 9.59 Å². The van der Waals surface area contributed by atoms with Crippen molar-refractivity contribution in [3.05, 3.63) is 0 Å². The molecule has 7 heteroatoms. The number of nitrogens with one attached hydrogen (secondary N) is 1. The van der Waals surface area contributed by atoms with Gasteiger partial charge in [-0.3, -0.25) is 4.79 Å². The van der Waals surface area contributed by atoms with Crippen LogP contribution in [0.25, 0.3) is 0 Å². The van der Waals surface area contributed by atoms with E-state index in [9.17, 15) is 19.8 Å². The molecule has 0 heterocycles. The van der Waals surface area contributed by atoms with Crippen LogP contribution in [0.2, 0.25) is 0 Å². The Labute approximate surface area is 232 Å². The van der Waals surface area contributed by atoms with E-state index in [2.05, 4.69) is 24.2 Å². The first-order valence-electron chi connectivity index (χ1n) is 12.2. The number of unbranched alkanes of at least 4 members (excludes halogenated alkanes) is 11. The first kappa shape index (κ1) is 33.2. The summed E-state index contributed by atoms with van der Waals surface area (Å²) in [5.41, 5.74) is 0. The maximum absolute atomic E-state index is 11.8. The van der Waals surface area contributed by atoms with E-state index in [4.69, 9.17) is 0 Å². The minimum absolute atomic E-state index is 0. The van der Waals surface area contributed by atoms with Crippen LogP contribution in [-0.4, -0.2) is 35.5 Å². The van der Waals surface area contributed by atoms with Gasteiger partial charge in [0, 0.05) is 13.0 Å². The van der Waals surface area contributed by atoms with E-state index in [1.807, 2.05) is 0 Å². The summed E-state index contributed by atoms with van der Waals surface area (Å²) in [6.45, 7) is 4.72. The summed E-state index contributed by atoms with van der Waals surface area (Å²) in [7, 11) is 0. The summed E-state index contributed by atoms with van der Waals surface area (Å²) < 4.78 is 0. The fraction of sp³-hybridized carbons (Fsp3) is 0.875. The number of hydrogen-bond acceptors (Lipinski definition) is 4. The number of hydrogen-bond donors (Lipinski definition) is 2. The maximum Gasteiger partial charge on any atom is 1.00 e. The van der Waals surface area contributed by atoms with Gasteiger partial charge in [0.05, 0.1) is 0 Å². The third-order valence-electron chi connectivity index (χ3n) is 5.32. The molecule has 0 bridgehead atoms. The number of rotatable bonds is 21. The second kappa shape index (κ2) is 24.7. The van der Waals surface area contributed by atoms with Crippen molar-refractivity contribution in [3.63, 3.8) is 0 Å². The summed E-state index contributed by atoms with van der Waals surface area (Å²) in [6, 6.07) is -0.850. The number of amides is 1. The van der Waals surface area contributed by atoms with Crippen LogP contribution >= 0.6 is 0 Å². The maximum atomic E-state index is 11.8. The van der Waals surface area contributed by atoms with Gasteiger partial charge < -0.3 is 20.5 Å². The van der Waals surface area contributed by atoms with Gasteiger partial charge in [0.2, 0.25) is 5.91 Å². The third-order valence-corrected chi connectivity index (χ3v) is 5.32. The topological polar surface area (TPSA) is 102 Å². The summed E-state index contributed by atoms with van der Waals surface area (Å²) in [4.78, 5) is 27.2. The molecule has 31 heavy (non-hydrogen) atoms. The Hall–Kier alpha value is 0.0464. The molecule has 0 unspecified atom stereocenters. The normalized spacial score (nSPS) is 12.3. The molecule has 1 amide bonds. The predicted molar refractivity (Wildman–Crippen MR) is 122 cm³/mol. The summed E-state index contributed by atoms with van der Waals surface area (Å²) in [5.74, 6) is -1.24. The number of nitrogens with zero attached hydrogens (tertiary/aromatic N) is 1. The number of carbonyl (C=O) groups excluding carboxylic acids is 1. The molecule has 0 fully saturated rings. The molecule has 0 aromatic carbocycles. The van der Waals surface area contributed by atoms with Crippen LogP contribution in [0.3, 0.4) is 0 Å². The minimum atomic E-state index is -1.00. The SMILES string of the molecule is CCCCCCCCCCCC([O-])=NCCCC[C@H](NC(=O)CCCCC)C(=O)O.[K+]. The molecule has 0 spiro atoms. The van der Waals surface area contributed by atoms with Crippen molar-refractivity contribution in [2.24, 2.45) is 4.99 Å². The first-order chi connectivity index (χ1) is 14.5. The van der Waals surface area contributed by atoms with Crippen LogP contribution in [0.1, 0.15) is 123 Å². The Balaban J connectivity index is 0. The van der Waals surface area contributed by atoms with Crippen LogP contribution in [0.15, 0.2) is 4.99 Å². The van der Waals surface area contributed by atoms with Crippen molar-refractivity contribution in [2.75, 3.05) is 6.54 Å². The van der Waals surface area contributed by atoms with Gasteiger partial charge in [-0.25, -0.2) is 4.79 Å². The second-order valence-corrected chi connectivity index (χ2v) is 8.27. The molecule has 0 saturated carbocycles. The zero-order valence-corrected chi connectivity index (χ0v) is 23.5. The molecule has 176 valence electrons. The smallest absolute Gasteiger partial charge is 0.862 e. The van der Waals surface area contributed by atoms with Crippen molar-refractivity contribution >= 4 is 17.8 Å². The van der Waals surface area contributed by atoms with Crippen LogP contribution < -0.4 is 61.8 Å². The predicted octanol–water partition coefficient (Wildman–Crippen LogP) is 1.99. The number of carboxylic acids is 1. The molecule has 0 aromatic rings. The molecule has 2 N–H and O–H groups in total. The molecular weight excluding hydrogens is 419 g/mol. The molecule has 0 saturated heterocycles. The Morgan fingerprint density at radius 3 is 1.90 bits per heavy atom. The number of carboxylic acid groups (broad SMARTS) is 1. The van der Waals surface area contributed by atoms with E-state index in [0.29, 0.717) is 38.6 Å². The summed E-state index contributed by atoms with van der Waals surface area (Å²) in [6.07, 6.45) is 16.4. The molecule has 0 aliphatic rings. The van der Waals surface area contributed by atoms with Crippen molar-refractivity contribution in [1.82, 2.24) is 5.32 Å². The van der Waals surface area contributed by atoms with Gasteiger partial charge in [0.15, 0.2) is 0 Å². The molecular formula is C24H45KN2O4. The van der Waals surface area contributed by atoms with Crippen LogP contribution in [0.4, 0.5) is 0 Å². The van der Waals surface area contributed by atoms with Gasteiger partial charge in [-0.05, 0) is 44.4 Å². The standard InChI is InChI=1S/C24H46N2O4.K/c1-3-5-7-8-9-10-11-12-14-18-22(27)25-20-16-15-17-21(24(29)30)26-23(28)19-13-6-4-2;/h21H,3-20H2,1-2H3,(H,25,27)(H,26,28)(H,29,30);/q;+1/p-1/t21-;/m0./s1. The Morgan fingerprint density at radius 2 is 1.32 bits per heavy atom. The number of aliphatic imine (C=N–C) groups is 1. The minimum Gasteiger partial charge on any atom is -0.862 e. The fourth-order valence-electron chi connectivity index (χ4n) is 3.39. The molecule has 1 atom stereocenters. The average Bonchev–Trinajstić information content (AvgIpc) is 2.71. The van der Waals surface area contributed by atoms with Crippen molar-refractivity contribution in [3.8, 4) is 0 Å². The van der Waals surface area contributed by atoms with Crippen molar-refractivity contribution in [2.45, 2.75) is 129 Å². The van der Waals surface area contributed by atoms with Gasteiger partial charge in [0.25, 0.3) is 0 Å². The largest absolute Gasteiger partial charge is 1.00 e. The third kappa shape index (κ3) is 23.0. The van der Waals surface area contributed by atoms with E-state index in [1.165, 1.54) is 44.9 Å². The number of carbonyl (C=O) groups is 2. The van der Waals surface area contributed by atoms with E-state index in [1.54, 1.807) is 0 Å². The molecule has 6 nitrogen and oxygen atoms in total. The van der Waals surface area contributed by atoms with Crippen LogP contribution in [0, 0.1) is 0 Å². The number of aliphatic carboxylic acids is 1. The summed E-state index contributed by atoms with van der Waals surface area (Å²) >= 11 is 0. The Kier molecular flexibility index (Phi) is 26.5. The quantitative estimate of drug-likeness (QED) is 0.117. The molecule has 0 aliphatic heterocycles. The van der Waals surface area contributed by atoms with Gasteiger partial charge in [0.1, 0.15) is 6.04 Å². The van der Waals surface area contributed by atoms with Gasteiger partial charge in [-0.2, -0.15) is 0 Å². The first-order valence-corrected chi connectivity index (χ1v) is 12.2. The van der Waals surface area contributed by atoms with Crippen molar-refractivity contribution in [1.29, 1.82) is 0 Å². The Morgan fingerprint density at radius 1 is 0.806 bits per heavy atom. The molecule has 0 rings (SSSR count). The van der Waals surface area contributed by atoms with Gasteiger partial charge >= 0.3 is 57.4 Å². The Bertz CT molecular complexity index is 472. The zero-order valence-electron chi connectivity index (χ0n) is 20.4. The van der Waals surface area contributed by atoms with E-state index < -0.39 is 12.0 Å². The second-order valence-electron chi connectivity index (χ2n) is 8.27. The van der Waals surface area contributed by atoms with E-state index >= 15 is 0 Å². The average molecular weight is 465 g/mol.